The van der Waals surface area contributed by atoms with Crippen molar-refractivity contribution in [2.75, 3.05) is 4.90 Å². The number of aryl methyl sites for hydroxylation is 2. The number of anilines is 2. The molecule has 244 valence electrons. The van der Waals surface area contributed by atoms with Crippen molar-refractivity contribution in [2.24, 2.45) is 0 Å². The van der Waals surface area contributed by atoms with Gasteiger partial charge in [-0.25, -0.2) is 0 Å². The van der Waals surface area contributed by atoms with Crippen LogP contribution in [0.1, 0.15) is 22.3 Å². The van der Waals surface area contributed by atoms with Gasteiger partial charge in [0.05, 0.1) is 11.1 Å². The van der Waals surface area contributed by atoms with Gasteiger partial charge < -0.3 is 4.90 Å². The van der Waals surface area contributed by atoms with Gasteiger partial charge in [0.1, 0.15) is 0 Å². The molecule has 3 aliphatic carbocycles. The maximum Gasteiger partial charge on any atom is 0.0660 e. The smallest absolute Gasteiger partial charge is 0.0660 e. The topological polar surface area (TPSA) is 3.24 Å². The van der Waals surface area contributed by atoms with E-state index in [0.717, 1.165) is 11.4 Å². The number of nitrogens with zero attached hydrogens (tertiary/aromatic N) is 1. The lowest BCUT2D eigenvalue weighted by molar-refractivity contribution is 0.851. The van der Waals surface area contributed by atoms with Gasteiger partial charge in [-0.2, -0.15) is 0 Å². The highest BCUT2D eigenvalue weighted by Gasteiger charge is 2.48. The third-order valence-electron chi connectivity index (χ3n) is 11.7. The first kappa shape index (κ1) is 29.3. The highest BCUT2D eigenvalue weighted by Crippen LogP contribution is 2.58. The summed E-state index contributed by atoms with van der Waals surface area (Å²) in [6, 6.07) is 58.9. The Morgan fingerprint density at radius 3 is 1.46 bits per heavy atom. The van der Waals surface area contributed by atoms with Gasteiger partial charge in [-0.15, -0.1) is 0 Å². The highest BCUT2D eigenvalue weighted by atomic mass is 15.1. The van der Waals surface area contributed by atoms with Gasteiger partial charge >= 0.3 is 0 Å². The van der Waals surface area contributed by atoms with Crippen LogP contribution in [0.25, 0.3) is 55.1 Å². The van der Waals surface area contributed by atoms with E-state index >= 15 is 0 Å². The van der Waals surface area contributed by atoms with Gasteiger partial charge in [0.15, 0.2) is 0 Å². The van der Waals surface area contributed by atoms with Gasteiger partial charge in [0, 0.05) is 16.9 Å². The van der Waals surface area contributed by atoms with Gasteiger partial charge in [0.25, 0.3) is 0 Å². The van der Waals surface area contributed by atoms with Gasteiger partial charge in [-0.1, -0.05) is 139 Å². The Kier molecular flexibility index (Phi) is 6.08. The minimum Gasteiger partial charge on any atom is -0.310 e. The Morgan fingerprint density at radius 1 is 0.462 bits per heavy atom. The Hall–Kier alpha value is -6.44. The van der Waals surface area contributed by atoms with Crippen LogP contribution in [0.5, 0.6) is 0 Å². The first-order valence-electron chi connectivity index (χ1n) is 18.3. The van der Waals surface area contributed by atoms with Crippen LogP contribution in [0.4, 0.5) is 11.4 Å². The van der Waals surface area contributed by atoms with Crippen molar-refractivity contribution in [1.82, 2.24) is 0 Å². The number of hydrogen-bond donors (Lipinski definition) is 0. The van der Waals surface area contributed by atoms with Gasteiger partial charge in [-0.05, 0) is 133 Å². The summed E-state index contributed by atoms with van der Waals surface area (Å²) < 4.78 is 0. The summed E-state index contributed by atoms with van der Waals surface area (Å²) in [4.78, 5) is 2.46. The molecule has 0 aliphatic heterocycles. The van der Waals surface area contributed by atoms with Crippen LogP contribution in [-0.4, -0.2) is 0 Å². The molecule has 0 saturated carbocycles. The normalized spacial score (nSPS) is 14.8. The SMILES string of the molecule is Cc1ccc(N(C2=C3C=c4cc5c6ccccc6c6ccccc6c5cc4=C3C3(C=C2)c2ccccc2-c2ccccc23)c2ccc(C)cc2)cc1. The summed E-state index contributed by atoms with van der Waals surface area (Å²) in [5, 5.41) is 10.4. The summed E-state index contributed by atoms with van der Waals surface area (Å²) >= 11 is 0. The fourth-order valence-corrected chi connectivity index (χ4v) is 9.41. The fourth-order valence-electron chi connectivity index (χ4n) is 9.41. The molecule has 1 heteroatoms. The van der Waals surface area contributed by atoms with Crippen molar-refractivity contribution in [2.45, 2.75) is 19.3 Å². The number of hydrogen-bond acceptors (Lipinski definition) is 1. The molecule has 0 N–H and O–H groups in total. The van der Waals surface area contributed by atoms with E-state index in [1.165, 1.54) is 93.0 Å². The van der Waals surface area contributed by atoms with Crippen molar-refractivity contribution >= 4 is 55.3 Å². The molecular formula is C51H35N. The summed E-state index contributed by atoms with van der Waals surface area (Å²) in [5.74, 6) is 0. The molecule has 52 heavy (non-hydrogen) atoms. The van der Waals surface area contributed by atoms with Crippen molar-refractivity contribution < 1.29 is 0 Å². The van der Waals surface area contributed by atoms with Crippen molar-refractivity contribution in [3.8, 4) is 11.1 Å². The predicted molar refractivity (Wildman–Crippen MR) is 219 cm³/mol. The average molecular weight is 662 g/mol. The lowest BCUT2D eigenvalue weighted by Crippen LogP contribution is -2.35. The van der Waals surface area contributed by atoms with E-state index in [0.29, 0.717) is 0 Å². The van der Waals surface area contributed by atoms with Crippen LogP contribution >= 0.6 is 0 Å². The molecule has 0 unspecified atom stereocenters. The summed E-state index contributed by atoms with van der Waals surface area (Å²) in [5.41, 5.74) is 13.5. The molecule has 8 aromatic rings. The molecule has 0 aromatic heterocycles. The third-order valence-corrected chi connectivity index (χ3v) is 11.7. The van der Waals surface area contributed by atoms with Crippen LogP contribution in [0, 0.1) is 13.8 Å². The van der Waals surface area contributed by atoms with Crippen LogP contribution in [0.2, 0.25) is 0 Å². The molecule has 0 atom stereocenters. The quantitative estimate of drug-likeness (QED) is 0.170. The highest BCUT2D eigenvalue weighted by molar-refractivity contribution is 6.25. The maximum absolute atomic E-state index is 2.52. The minimum atomic E-state index is -0.444. The Balaban J connectivity index is 1.32. The molecule has 1 spiro atoms. The van der Waals surface area contributed by atoms with E-state index in [2.05, 4.69) is 195 Å². The molecule has 11 rings (SSSR count). The number of allylic oxidation sites excluding steroid dienone is 3. The summed E-state index contributed by atoms with van der Waals surface area (Å²) in [6.45, 7) is 4.32. The first-order chi connectivity index (χ1) is 25.6. The molecule has 0 radical (unpaired) electrons. The number of benzene rings is 8. The van der Waals surface area contributed by atoms with E-state index in [9.17, 15) is 0 Å². The van der Waals surface area contributed by atoms with E-state index < -0.39 is 5.41 Å². The lowest BCUT2D eigenvalue weighted by Gasteiger charge is -2.38. The van der Waals surface area contributed by atoms with Crippen molar-refractivity contribution in [1.29, 1.82) is 0 Å². The molecule has 8 aromatic carbocycles. The zero-order chi connectivity index (χ0) is 34.6. The molecule has 3 aliphatic rings. The van der Waals surface area contributed by atoms with Gasteiger partial charge in [0.2, 0.25) is 0 Å². The second-order valence-electron chi connectivity index (χ2n) is 14.6. The van der Waals surface area contributed by atoms with E-state index in [-0.39, 0.29) is 0 Å². The second-order valence-corrected chi connectivity index (χ2v) is 14.6. The second kappa shape index (κ2) is 10.8. The molecular weight excluding hydrogens is 627 g/mol. The predicted octanol–water partition coefficient (Wildman–Crippen LogP) is 11.3. The molecule has 0 fully saturated rings. The maximum atomic E-state index is 2.52. The van der Waals surface area contributed by atoms with E-state index in [4.69, 9.17) is 0 Å². The zero-order valence-electron chi connectivity index (χ0n) is 29.2. The summed E-state index contributed by atoms with van der Waals surface area (Å²) in [6.07, 6.45) is 7.39. The molecule has 1 nitrogen and oxygen atoms in total. The Labute approximate surface area is 303 Å². The summed E-state index contributed by atoms with van der Waals surface area (Å²) in [7, 11) is 0. The van der Waals surface area contributed by atoms with Crippen LogP contribution < -0.4 is 15.3 Å². The van der Waals surface area contributed by atoms with Crippen LogP contribution in [-0.2, 0) is 5.41 Å². The van der Waals surface area contributed by atoms with Crippen LogP contribution in [0.3, 0.4) is 0 Å². The number of fused-ring (bicyclic) bond motifs is 14. The Bertz CT molecular complexity index is 2920. The van der Waals surface area contributed by atoms with Crippen LogP contribution in [0.15, 0.2) is 181 Å². The van der Waals surface area contributed by atoms with Crippen molar-refractivity contribution in [3.63, 3.8) is 0 Å². The van der Waals surface area contributed by atoms with Gasteiger partial charge in [-0.3, -0.25) is 0 Å². The molecule has 0 saturated heterocycles. The fraction of sp³-hybridized carbons (Fsp3) is 0.0588. The average Bonchev–Trinajstić information content (AvgIpc) is 3.71. The monoisotopic (exact) mass is 661 g/mol. The molecule has 0 bridgehead atoms. The first-order valence-corrected chi connectivity index (χ1v) is 18.3. The molecule has 0 amide bonds. The lowest BCUT2D eigenvalue weighted by atomic mass is 9.67. The number of rotatable bonds is 3. The zero-order valence-corrected chi connectivity index (χ0v) is 29.2. The Morgan fingerprint density at radius 2 is 0.923 bits per heavy atom. The minimum absolute atomic E-state index is 0.444. The standard InChI is InChI=1S/C51H35N/c1-32-19-23-35(24-20-32)52(36-25-21-33(2)22-26-36)49-27-28-51(47-17-9-7-15-41(47)42-16-8-10-18-48(42)51)50-43-31-45-40-14-6-4-12-38(40)37-11-3-5-13-39(37)44(45)29-34(43)30-46(49)50/h3-31H,1-2H3. The van der Waals surface area contributed by atoms with E-state index in [1.54, 1.807) is 0 Å². The third kappa shape index (κ3) is 3.94. The van der Waals surface area contributed by atoms with Crippen molar-refractivity contribution in [3.05, 3.63) is 214 Å². The molecule has 0 heterocycles. The largest absolute Gasteiger partial charge is 0.310 e. The van der Waals surface area contributed by atoms with E-state index in [1.807, 2.05) is 0 Å².